The number of nitrogens with zero attached hydrogens (tertiary/aromatic N) is 2. The fourth-order valence-electron chi connectivity index (χ4n) is 3.38. The van der Waals surface area contributed by atoms with Crippen molar-refractivity contribution in [1.29, 1.82) is 0 Å². The van der Waals surface area contributed by atoms with Crippen molar-refractivity contribution in [3.8, 4) is 11.3 Å². The normalized spacial score (nSPS) is 20.8. The Morgan fingerprint density at radius 3 is 2.46 bits per heavy atom. The van der Waals surface area contributed by atoms with Gasteiger partial charge in [0.15, 0.2) is 0 Å². The number of aliphatic hydroxyl groups is 2. The van der Waals surface area contributed by atoms with E-state index in [1.165, 1.54) is 0 Å². The number of aromatic nitrogens is 2. The van der Waals surface area contributed by atoms with Crippen molar-refractivity contribution in [3.63, 3.8) is 0 Å². The van der Waals surface area contributed by atoms with Crippen LogP contribution in [0.1, 0.15) is 45.1 Å². The average Bonchev–Trinajstić information content (AvgIpc) is 2.62. The molecule has 2 aromatic rings. The number of pyridine rings is 2. The second kappa shape index (κ2) is 7.91. The molecule has 5 nitrogen and oxygen atoms in total. The van der Waals surface area contributed by atoms with Crippen molar-refractivity contribution in [2.24, 2.45) is 5.92 Å². The fraction of sp³-hybridized carbons (Fsp3) is 0.500. The Morgan fingerprint density at radius 1 is 1.15 bits per heavy atom. The minimum atomic E-state index is -0.920. The molecule has 0 unspecified atom stereocenters. The van der Waals surface area contributed by atoms with E-state index in [0.29, 0.717) is 17.1 Å². The zero-order chi connectivity index (χ0) is 18.7. The zero-order valence-corrected chi connectivity index (χ0v) is 16.0. The van der Waals surface area contributed by atoms with Crippen LogP contribution in [0.25, 0.3) is 11.3 Å². The van der Waals surface area contributed by atoms with E-state index >= 15 is 0 Å². The van der Waals surface area contributed by atoms with Crippen molar-refractivity contribution in [3.05, 3.63) is 41.3 Å². The molecular formula is C20H26ClN3O2. The molecule has 0 radical (unpaired) electrons. The summed E-state index contributed by atoms with van der Waals surface area (Å²) in [7, 11) is 0. The molecule has 1 aliphatic carbocycles. The van der Waals surface area contributed by atoms with Crippen molar-refractivity contribution >= 4 is 17.3 Å². The Morgan fingerprint density at radius 2 is 1.88 bits per heavy atom. The van der Waals surface area contributed by atoms with Crippen LogP contribution in [-0.2, 0) is 5.60 Å². The Balaban J connectivity index is 1.82. The summed E-state index contributed by atoms with van der Waals surface area (Å²) < 4.78 is 0. The third-order valence-electron chi connectivity index (χ3n) is 5.08. The van der Waals surface area contributed by atoms with Crippen LogP contribution in [0.5, 0.6) is 0 Å². The lowest BCUT2D eigenvalue weighted by atomic mass is 9.86. The molecule has 26 heavy (non-hydrogen) atoms. The summed E-state index contributed by atoms with van der Waals surface area (Å²) in [4.78, 5) is 8.72. The maximum Gasteiger partial charge on any atom is 0.131 e. The summed E-state index contributed by atoms with van der Waals surface area (Å²) in [5.41, 5.74) is 2.44. The van der Waals surface area contributed by atoms with E-state index in [4.69, 9.17) is 11.6 Å². The van der Waals surface area contributed by atoms with E-state index < -0.39 is 5.60 Å². The zero-order valence-electron chi connectivity index (χ0n) is 15.2. The second-order valence-corrected chi connectivity index (χ2v) is 7.98. The molecular weight excluding hydrogens is 350 g/mol. The molecule has 2 aromatic heterocycles. The molecule has 0 saturated heterocycles. The summed E-state index contributed by atoms with van der Waals surface area (Å²) in [5.74, 6) is 0.421. The number of anilines is 1. The highest BCUT2D eigenvalue weighted by Gasteiger charge is 2.22. The Labute approximate surface area is 159 Å². The minimum Gasteiger partial charge on any atom is -0.396 e. The van der Waals surface area contributed by atoms with Gasteiger partial charge in [-0.2, -0.15) is 0 Å². The first-order valence-electron chi connectivity index (χ1n) is 9.09. The van der Waals surface area contributed by atoms with E-state index in [0.717, 1.165) is 48.2 Å². The summed E-state index contributed by atoms with van der Waals surface area (Å²) in [6.07, 6.45) is 7.53. The van der Waals surface area contributed by atoms with E-state index in [2.05, 4.69) is 15.3 Å². The lowest BCUT2D eigenvalue weighted by Crippen LogP contribution is -2.27. The number of halogens is 1. The monoisotopic (exact) mass is 375 g/mol. The van der Waals surface area contributed by atoms with Gasteiger partial charge in [0.2, 0.25) is 0 Å². The van der Waals surface area contributed by atoms with Gasteiger partial charge in [-0.05, 0) is 57.6 Å². The lowest BCUT2D eigenvalue weighted by molar-refractivity contribution is 0.0782. The predicted octanol–water partition coefficient (Wildman–Crippen LogP) is 3.99. The number of hydrogen-bond donors (Lipinski definition) is 3. The molecule has 0 aliphatic heterocycles. The van der Waals surface area contributed by atoms with Gasteiger partial charge in [-0.3, -0.25) is 4.98 Å². The molecule has 3 rings (SSSR count). The molecule has 0 amide bonds. The van der Waals surface area contributed by atoms with E-state index in [-0.39, 0.29) is 6.61 Å². The molecule has 1 fully saturated rings. The maximum atomic E-state index is 10.1. The van der Waals surface area contributed by atoms with Gasteiger partial charge in [0.05, 0.1) is 11.3 Å². The maximum absolute atomic E-state index is 10.1. The standard InChI is InChI=1S/C20H26ClN3O2/c1-20(2,26)14-5-8-17(22-10-14)16-11-23-19(21)9-18(16)24-15-6-3-13(12-25)4-7-15/h5,8-11,13,15,25-26H,3-4,6-7,12H2,1-2H3,(H,23,24). The van der Waals surface area contributed by atoms with Crippen LogP contribution >= 0.6 is 11.6 Å². The summed E-state index contributed by atoms with van der Waals surface area (Å²) in [5, 5.41) is 23.4. The van der Waals surface area contributed by atoms with E-state index in [1.807, 2.05) is 18.2 Å². The van der Waals surface area contributed by atoms with E-state index in [1.54, 1.807) is 26.2 Å². The van der Waals surface area contributed by atoms with Crippen LogP contribution in [0.3, 0.4) is 0 Å². The van der Waals surface area contributed by atoms with Crippen molar-refractivity contribution in [2.45, 2.75) is 51.2 Å². The number of hydrogen-bond acceptors (Lipinski definition) is 5. The number of nitrogens with one attached hydrogen (secondary N) is 1. The van der Waals surface area contributed by atoms with Crippen LogP contribution in [0, 0.1) is 5.92 Å². The van der Waals surface area contributed by atoms with Gasteiger partial charge in [-0.25, -0.2) is 4.98 Å². The Bertz CT molecular complexity index is 736. The predicted molar refractivity (Wildman–Crippen MR) is 104 cm³/mol. The highest BCUT2D eigenvalue weighted by Crippen LogP contribution is 2.32. The quantitative estimate of drug-likeness (QED) is 0.689. The van der Waals surface area contributed by atoms with Crippen LogP contribution in [0.4, 0.5) is 5.69 Å². The first kappa shape index (κ1) is 19.1. The fourth-order valence-corrected chi connectivity index (χ4v) is 3.54. The lowest BCUT2D eigenvalue weighted by Gasteiger charge is -2.29. The molecule has 0 atom stereocenters. The summed E-state index contributed by atoms with van der Waals surface area (Å²) in [6, 6.07) is 5.96. The number of rotatable bonds is 5. The second-order valence-electron chi connectivity index (χ2n) is 7.59. The highest BCUT2D eigenvalue weighted by atomic mass is 35.5. The third kappa shape index (κ3) is 4.53. The molecule has 1 saturated carbocycles. The van der Waals surface area contributed by atoms with Gasteiger partial charge in [0, 0.05) is 41.9 Å². The largest absolute Gasteiger partial charge is 0.396 e. The van der Waals surface area contributed by atoms with Gasteiger partial charge >= 0.3 is 0 Å². The Kier molecular flexibility index (Phi) is 5.80. The molecule has 0 spiro atoms. The van der Waals surface area contributed by atoms with Gasteiger partial charge in [-0.1, -0.05) is 17.7 Å². The van der Waals surface area contributed by atoms with Crippen molar-refractivity contribution in [1.82, 2.24) is 9.97 Å². The molecule has 0 aromatic carbocycles. The van der Waals surface area contributed by atoms with E-state index in [9.17, 15) is 10.2 Å². The molecule has 3 N–H and O–H groups in total. The topological polar surface area (TPSA) is 78.3 Å². The molecule has 1 aliphatic rings. The van der Waals surface area contributed by atoms with Gasteiger partial charge in [-0.15, -0.1) is 0 Å². The third-order valence-corrected chi connectivity index (χ3v) is 5.29. The Hall–Kier alpha value is -1.69. The first-order valence-corrected chi connectivity index (χ1v) is 9.47. The summed E-state index contributed by atoms with van der Waals surface area (Å²) >= 11 is 6.12. The van der Waals surface area contributed by atoms with Crippen molar-refractivity contribution < 1.29 is 10.2 Å². The van der Waals surface area contributed by atoms with Gasteiger partial charge < -0.3 is 15.5 Å². The minimum absolute atomic E-state index is 0.274. The van der Waals surface area contributed by atoms with Crippen LogP contribution < -0.4 is 5.32 Å². The smallest absolute Gasteiger partial charge is 0.131 e. The molecule has 2 heterocycles. The number of aliphatic hydroxyl groups excluding tert-OH is 1. The molecule has 140 valence electrons. The van der Waals surface area contributed by atoms with Crippen LogP contribution in [-0.4, -0.2) is 32.8 Å². The van der Waals surface area contributed by atoms with Gasteiger partial charge in [0.1, 0.15) is 5.15 Å². The molecule has 6 heteroatoms. The van der Waals surface area contributed by atoms with Crippen LogP contribution in [0.2, 0.25) is 5.15 Å². The van der Waals surface area contributed by atoms with Gasteiger partial charge in [0.25, 0.3) is 0 Å². The van der Waals surface area contributed by atoms with Crippen molar-refractivity contribution in [2.75, 3.05) is 11.9 Å². The average molecular weight is 376 g/mol. The molecule has 0 bridgehead atoms. The summed E-state index contributed by atoms with van der Waals surface area (Å²) in [6.45, 7) is 3.75. The highest BCUT2D eigenvalue weighted by molar-refractivity contribution is 6.29. The first-order chi connectivity index (χ1) is 12.4. The van der Waals surface area contributed by atoms with Crippen LogP contribution in [0.15, 0.2) is 30.6 Å². The SMILES string of the molecule is CC(C)(O)c1ccc(-c2cnc(Cl)cc2NC2CCC(CO)CC2)nc1.